The third kappa shape index (κ3) is 2.88. The van der Waals surface area contributed by atoms with E-state index in [0.717, 1.165) is 5.56 Å². The number of aryl methyl sites for hydroxylation is 1. The van der Waals surface area contributed by atoms with Gasteiger partial charge in [0.2, 0.25) is 11.8 Å². The Balaban J connectivity index is 1.90. The summed E-state index contributed by atoms with van der Waals surface area (Å²) in [5.74, 6) is 0.0252. The number of hydrogen-bond acceptors (Lipinski definition) is 3. The Hall–Kier alpha value is -1.85. The second-order valence-corrected chi connectivity index (χ2v) is 4.76. The van der Waals surface area contributed by atoms with E-state index in [4.69, 9.17) is 0 Å². The predicted octanol–water partition coefficient (Wildman–Crippen LogP) is -0.0953. The summed E-state index contributed by atoms with van der Waals surface area (Å²) in [4.78, 5) is 24.9. The lowest BCUT2D eigenvalue weighted by Crippen LogP contribution is -2.43. The highest BCUT2D eigenvalue weighted by atomic mass is 16.2. The zero-order chi connectivity index (χ0) is 13.1. The fourth-order valence-corrected chi connectivity index (χ4v) is 2.16. The van der Waals surface area contributed by atoms with Crippen molar-refractivity contribution in [3.63, 3.8) is 0 Å². The molecular formula is C12H18N4O2. The smallest absolute Gasteiger partial charge is 0.227 e. The molecule has 6 heteroatoms. The Bertz CT molecular complexity index is 445. The molecule has 1 aromatic heterocycles. The first kappa shape index (κ1) is 12.6. The van der Waals surface area contributed by atoms with Crippen LogP contribution in [0.25, 0.3) is 0 Å². The summed E-state index contributed by atoms with van der Waals surface area (Å²) in [6.07, 6.45) is 4.73. The standard InChI is InChI=1S/C12H18N4O2/c1-15(7-9-5-14-16(2)8-9)12(18)10-3-4-11(17)13-6-10/h5,8,10H,3-4,6-7H2,1-2H3,(H,13,17)/t10-/m1/s1. The highest BCUT2D eigenvalue weighted by Gasteiger charge is 2.26. The zero-order valence-electron chi connectivity index (χ0n) is 10.7. The first-order valence-electron chi connectivity index (χ1n) is 6.05. The van der Waals surface area contributed by atoms with Gasteiger partial charge in [-0.25, -0.2) is 0 Å². The summed E-state index contributed by atoms with van der Waals surface area (Å²) in [5, 5.41) is 6.81. The van der Waals surface area contributed by atoms with E-state index in [9.17, 15) is 9.59 Å². The van der Waals surface area contributed by atoms with E-state index in [-0.39, 0.29) is 17.7 Å². The Morgan fingerprint density at radius 2 is 2.44 bits per heavy atom. The normalized spacial score (nSPS) is 19.4. The Morgan fingerprint density at radius 3 is 3.00 bits per heavy atom. The van der Waals surface area contributed by atoms with Crippen LogP contribution in [0, 0.1) is 5.92 Å². The van der Waals surface area contributed by atoms with E-state index in [2.05, 4.69) is 10.4 Å². The molecule has 1 aliphatic rings. The van der Waals surface area contributed by atoms with E-state index < -0.39 is 0 Å². The molecule has 2 heterocycles. The van der Waals surface area contributed by atoms with Gasteiger partial charge in [-0.15, -0.1) is 0 Å². The molecule has 1 N–H and O–H groups in total. The molecule has 18 heavy (non-hydrogen) atoms. The minimum atomic E-state index is -0.0932. The van der Waals surface area contributed by atoms with Crippen molar-refractivity contribution in [2.24, 2.45) is 13.0 Å². The predicted molar refractivity (Wildman–Crippen MR) is 65.4 cm³/mol. The van der Waals surface area contributed by atoms with E-state index in [1.165, 1.54) is 0 Å². The minimum absolute atomic E-state index is 0.0361. The molecular weight excluding hydrogens is 232 g/mol. The van der Waals surface area contributed by atoms with Crippen LogP contribution in [0.5, 0.6) is 0 Å². The minimum Gasteiger partial charge on any atom is -0.355 e. The van der Waals surface area contributed by atoms with Gasteiger partial charge < -0.3 is 10.2 Å². The van der Waals surface area contributed by atoms with Crippen LogP contribution in [0.1, 0.15) is 18.4 Å². The number of aromatic nitrogens is 2. The van der Waals surface area contributed by atoms with Crippen molar-refractivity contribution in [2.45, 2.75) is 19.4 Å². The highest BCUT2D eigenvalue weighted by molar-refractivity contribution is 5.83. The van der Waals surface area contributed by atoms with Gasteiger partial charge in [-0.3, -0.25) is 14.3 Å². The largest absolute Gasteiger partial charge is 0.355 e. The van der Waals surface area contributed by atoms with Gasteiger partial charge in [0.15, 0.2) is 0 Å². The molecule has 0 radical (unpaired) electrons. The fraction of sp³-hybridized carbons (Fsp3) is 0.583. The third-order valence-electron chi connectivity index (χ3n) is 3.17. The van der Waals surface area contributed by atoms with Crippen molar-refractivity contribution < 1.29 is 9.59 Å². The number of amides is 2. The molecule has 0 bridgehead atoms. The second-order valence-electron chi connectivity index (χ2n) is 4.76. The molecule has 1 saturated heterocycles. The average molecular weight is 250 g/mol. The van der Waals surface area contributed by atoms with Gasteiger partial charge in [0.25, 0.3) is 0 Å². The first-order valence-corrected chi connectivity index (χ1v) is 6.05. The Labute approximate surface area is 106 Å². The summed E-state index contributed by atoms with van der Waals surface area (Å²) < 4.78 is 1.72. The molecule has 0 aromatic carbocycles. The molecule has 0 aliphatic carbocycles. The number of carbonyl (C=O) groups excluding carboxylic acids is 2. The van der Waals surface area contributed by atoms with Crippen LogP contribution in [0.15, 0.2) is 12.4 Å². The lowest BCUT2D eigenvalue weighted by Gasteiger charge is -2.26. The molecule has 0 unspecified atom stereocenters. The summed E-state index contributed by atoms with van der Waals surface area (Å²) in [5.41, 5.74) is 1.01. The van der Waals surface area contributed by atoms with E-state index in [1.807, 2.05) is 13.2 Å². The Morgan fingerprint density at radius 1 is 1.67 bits per heavy atom. The third-order valence-corrected chi connectivity index (χ3v) is 3.17. The molecule has 0 spiro atoms. The maximum atomic E-state index is 12.2. The monoisotopic (exact) mass is 250 g/mol. The fourth-order valence-electron chi connectivity index (χ4n) is 2.16. The SMILES string of the molecule is CN(Cc1cnn(C)c1)C(=O)[C@@H]1CCC(=O)NC1. The van der Waals surface area contributed by atoms with E-state index in [1.54, 1.807) is 22.8 Å². The Kier molecular flexibility index (Phi) is 3.64. The van der Waals surface area contributed by atoms with Gasteiger partial charge in [-0.05, 0) is 6.42 Å². The van der Waals surface area contributed by atoms with Crippen LogP contribution < -0.4 is 5.32 Å². The van der Waals surface area contributed by atoms with Crippen molar-refractivity contribution >= 4 is 11.8 Å². The van der Waals surface area contributed by atoms with E-state index >= 15 is 0 Å². The number of nitrogens with zero attached hydrogens (tertiary/aromatic N) is 3. The van der Waals surface area contributed by atoms with Crippen LogP contribution in [0.3, 0.4) is 0 Å². The molecule has 98 valence electrons. The van der Waals surface area contributed by atoms with Crippen molar-refractivity contribution in [3.8, 4) is 0 Å². The molecule has 1 aliphatic heterocycles. The van der Waals surface area contributed by atoms with Gasteiger partial charge in [-0.2, -0.15) is 5.10 Å². The highest BCUT2D eigenvalue weighted by Crippen LogP contribution is 2.14. The number of rotatable bonds is 3. The maximum Gasteiger partial charge on any atom is 0.227 e. The summed E-state index contributed by atoms with van der Waals surface area (Å²) in [6.45, 7) is 1.01. The van der Waals surface area contributed by atoms with Crippen LogP contribution in [0.4, 0.5) is 0 Å². The summed E-state index contributed by atoms with van der Waals surface area (Å²) in [6, 6.07) is 0. The summed E-state index contributed by atoms with van der Waals surface area (Å²) in [7, 11) is 3.63. The zero-order valence-corrected chi connectivity index (χ0v) is 10.7. The van der Waals surface area contributed by atoms with Crippen LogP contribution >= 0.6 is 0 Å². The molecule has 2 rings (SSSR count). The van der Waals surface area contributed by atoms with Gasteiger partial charge >= 0.3 is 0 Å². The first-order chi connectivity index (χ1) is 8.56. The molecule has 1 aromatic rings. The molecule has 1 fully saturated rings. The van der Waals surface area contributed by atoms with Gasteiger partial charge in [0.05, 0.1) is 12.1 Å². The second kappa shape index (κ2) is 5.20. The molecule has 6 nitrogen and oxygen atoms in total. The van der Waals surface area contributed by atoms with Crippen molar-refractivity contribution in [1.29, 1.82) is 0 Å². The van der Waals surface area contributed by atoms with Crippen molar-refractivity contribution in [3.05, 3.63) is 18.0 Å². The van der Waals surface area contributed by atoms with E-state index in [0.29, 0.717) is 25.9 Å². The number of nitrogens with one attached hydrogen (secondary N) is 1. The van der Waals surface area contributed by atoms with Crippen molar-refractivity contribution in [2.75, 3.05) is 13.6 Å². The quantitative estimate of drug-likeness (QED) is 0.815. The lowest BCUT2D eigenvalue weighted by atomic mass is 9.98. The van der Waals surface area contributed by atoms with Crippen LogP contribution in [0.2, 0.25) is 0 Å². The van der Waals surface area contributed by atoms with Gasteiger partial charge in [0.1, 0.15) is 0 Å². The molecule has 1 atom stereocenters. The van der Waals surface area contributed by atoms with Crippen LogP contribution in [-0.2, 0) is 23.2 Å². The van der Waals surface area contributed by atoms with Gasteiger partial charge in [0, 0.05) is 45.4 Å². The molecule has 0 saturated carbocycles. The average Bonchev–Trinajstić information content (AvgIpc) is 2.75. The number of hydrogen-bond donors (Lipinski definition) is 1. The van der Waals surface area contributed by atoms with Crippen molar-refractivity contribution in [1.82, 2.24) is 20.0 Å². The van der Waals surface area contributed by atoms with Crippen LogP contribution in [-0.4, -0.2) is 40.1 Å². The number of piperidine rings is 1. The van der Waals surface area contributed by atoms with Gasteiger partial charge in [-0.1, -0.05) is 0 Å². The summed E-state index contributed by atoms with van der Waals surface area (Å²) >= 11 is 0. The topological polar surface area (TPSA) is 67.2 Å². The maximum absolute atomic E-state index is 12.2. The number of carbonyl (C=O) groups is 2. The molecule has 2 amide bonds. The lowest BCUT2D eigenvalue weighted by molar-refractivity contribution is -0.136.